The number of rotatable bonds is 4. The minimum atomic E-state index is -3.88. The van der Waals surface area contributed by atoms with Gasteiger partial charge in [-0.2, -0.15) is 8.42 Å². The van der Waals surface area contributed by atoms with Crippen LogP contribution in [0.5, 0.6) is 0 Å². The molecule has 2 aromatic rings. The summed E-state index contributed by atoms with van der Waals surface area (Å²) < 4.78 is 29.5. The molecule has 1 aliphatic rings. The minimum Gasteiger partial charge on any atom is -0.362 e. The average molecular weight is 421 g/mol. The Morgan fingerprint density at radius 1 is 1.21 bits per heavy atom. The van der Waals surface area contributed by atoms with Gasteiger partial charge in [0.2, 0.25) is 0 Å². The Kier molecular flexibility index (Phi) is 6.31. The molecule has 1 fully saturated rings. The molecule has 1 aromatic heterocycles. The van der Waals surface area contributed by atoms with E-state index in [4.69, 9.17) is 11.6 Å². The van der Waals surface area contributed by atoms with E-state index in [-0.39, 0.29) is 10.6 Å². The number of amidine groups is 1. The van der Waals surface area contributed by atoms with Gasteiger partial charge in [0, 0.05) is 36.9 Å². The van der Waals surface area contributed by atoms with Crippen LogP contribution >= 0.6 is 11.6 Å². The zero-order chi connectivity index (χ0) is 20.1. The van der Waals surface area contributed by atoms with E-state index < -0.39 is 15.9 Å². The number of anilines is 1. The van der Waals surface area contributed by atoms with E-state index in [1.54, 1.807) is 18.2 Å². The Balaban J connectivity index is 1.83. The third kappa shape index (κ3) is 5.08. The van der Waals surface area contributed by atoms with Crippen LogP contribution in [-0.4, -0.2) is 43.6 Å². The third-order valence-electron chi connectivity index (χ3n) is 4.40. The van der Waals surface area contributed by atoms with Crippen LogP contribution in [0, 0.1) is 0 Å². The van der Waals surface area contributed by atoms with Crippen LogP contribution in [0.1, 0.15) is 36.2 Å². The highest BCUT2D eigenvalue weighted by molar-refractivity contribution is 7.90. The van der Waals surface area contributed by atoms with E-state index in [2.05, 4.69) is 14.7 Å². The predicted octanol–water partition coefficient (Wildman–Crippen LogP) is 3.58. The SMILES string of the molecule is CN1CCCCC/C1=N\S(=O)(=O)c1cccc(NC(=O)c2cc(Cl)ccn2)c1. The molecule has 2 heterocycles. The fourth-order valence-electron chi connectivity index (χ4n) is 2.89. The minimum absolute atomic E-state index is 0.0227. The van der Waals surface area contributed by atoms with Crippen molar-refractivity contribution < 1.29 is 13.2 Å². The molecule has 0 saturated carbocycles. The molecule has 1 amide bonds. The summed E-state index contributed by atoms with van der Waals surface area (Å²) in [6.07, 6.45) is 5.06. The first kappa shape index (κ1) is 20.3. The summed E-state index contributed by atoms with van der Waals surface area (Å²) in [5.74, 6) is 0.0851. The van der Waals surface area contributed by atoms with Gasteiger partial charge in [-0.3, -0.25) is 9.78 Å². The number of nitrogens with one attached hydrogen (secondary N) is 1. The lowest BCUT2D eigenvalue weighted by Crippen LogP contribution is -2.26. The van der Waals surface area contributed by atoms with Gasteiger partial charge < -0.3 is 10.2 Å². The van der Waals surface area contributed by atoms with E-state index in [1.165, 1.54) is 24.4 Å². The first-order chi connectivity index (χ1) is 13.3. The van der Waals surface area contributed by atoms with Gasteiger partial charge in [0.25, 0.3) is 15.9 Å². The van der Waals surface area contributed by atoms with Crippen LogP contribution in [0.25, 0.3) is 0 Å². The summed E-state index contributed by atoms with van der Waals surface area (Å²) in [7, 11) is -2.02. The monoisotopic (exact) mass is 420 g/mol. The quantitative estimate of drug-likeness (QED) is 0.816. The molecule has 3 rings (SSSR count). The molecule has 0 atom stereocenters. The molecule has 1 aromatic carbocycles. The molecule has 0 aliphatic carbocycles. The highest BCUT2D eigenvalue weighted by Gasteiger charge is 2.19. The molecule has 1 aliphatic heterocycles. The van der Waals surface area contributed by atoms with Crippen LogP contribution in [0.4, 0.5) is 5.69 Å². The van der Waals surface area contributed by atoms with E-state index in [9.17, 15) is 13.2 Å². The van der Waals surface area contributed by atoms with Crippen LogP contribution in [0.2, 0.25) is 5.02 Å². The lowest BCUT2D eigenvalue weighted by molar-refractivity contribution is 0.102. The van der Waals surface area contributed by atoms with Crippen molar-refractivity contribution in [2.75, 3.05) is 18.9 Å². The molecule has 9 heteroatoms. The van der Waals surface area contributed by atoms with Crippen LogP contribution in [-0.2, 0) is 10.0 Å². The zero-order valence-electron chi connectivity index (χ0n) is 15.4. The number of likely N-dealkylation sites (tertiary alicyclic amines) is 1. The van der Waals surface area contributed by atoms with Gasteiger partial charge in [-0.1, -0.05) is 24.1 Å². The number of sulfonamides is 1. The van der Waals surface area contributed by atoms with Crippen LogP contribution in [0.3, 0.4) is 0 Å². The summed E-state index contributed by atoms with van der Waals surface area (Å²) in [5, 5.41) is 3.03. The standard InChI is InChI=1S/C19H21ClN4O3S/c1-24-11-4-2-3-8-18(24)23-28(26,27)16-7-5-6-15(13-16)22-19(25)17-12-14(20)9-10-21-17/h5-7,9-10,12-13H,2-4,8,11H2,1H3,(H,22,25)/b23-18+. The van der Waals surface area contributed by atoms with Crippen molar-refractivity contribution in [1.29, 1.82) is 0 Å². The molecule has 0 spiro atoms. The van der Waals surface area contributed by atoms with Crippen molar-refractivity contribution in [2.45, 2.75) is 30.6 Å². The summed E-state index contributed by atoms with van der Waals surface area (Å²) in [5.41, 5.74) is 0.475. The fraction of sp³-hybridized carbons (Fsp3) is 0.316. The van der Waals surface area contributed by atoms with Crippen LogP contribution < -0.4 is 5.32 Å². The van der Waals surface area contributed by atoms with Crippen molar-refractivity contribution >= 4 is 39.1 Å². The third-order valence-corrected chi connectivity index (χ3v) is 5.94. The molecule has 0 bridgehead atoms. The molecular weight excluding hydrogens is 400 g/mol. The highest BCUT2D eigenvalue weighted by Crippen LogP contribution is 2.20. The number of amides is 1. The number of hydrogen-bond acceptors (Lipinski definition) is 4. The Labute approximate surface area is 169 Å². The van der Waals surface area contributed by atoms with Gasteiger partial charge in [-0.05, 0) is 43.2 Å². The predicted molar refractivity (Wildman–Crippen MR) is 109 cm³/mol. The van der Waals surface area contributed by atoms with Gasteiger partial charge in [0.1, 0.15) is 11.5 Å². The number of halogens is 1. The van der Waals surface area contributed by atoms with E-state index in [0.29, 0.717) is 23.0 Å². The van der Waals surface area contributed by atoms with Gasteiger partial charge in [0.05, 0.1) is 4.90 Å². The Morgan fingerprint density at radius 2 is 2.04 bits per heavy atom. The maximum atomic E-state index is 12.8. The van der Waals surface area contributed by atoms with Crippen LogP contribution in [0.15, 0.2) is 51.9 Å². The lowest BCUT2D eigenvalue weighted by Gasteiger charge is -2.17. The van der Waals surface area contributed by atoms with Crippen molar-refractivity contribution in [3.05, 3.63) is 53.3 Å². The Bertz CT molecular complexity index is 1010. The maximum absolute atomic E-state index is 12.8. The molecule has 7 nitrogen and oxygen atoms in total. The Morgan fingerprint density at radius 3 is 2.82 bits per heavy atom. The molecule has 1 N–H and O–H groups in total. The van der Waals surface area contributed by atoms with Gasteiger partial charge >= 0.3 is 0 Å². The van der Waals surface area contributed by atoms with E-state index in [1.807, 2.05) is 11.9 Å². The van der Waals surface area contributed by atoms with Crippen molar-refractivity contribution in [2.24, 2.45) is 4.40 Å². The highest BCUT2D eigenvalue weighted by atomic mass is 35.5. The number of carbonyl (C=O) groups is 1. The number of aromatic nitrogens is 1. The number of nitrogens with zero attached hydrogens (tertiary/aromatic N) is 3. The average Bonchev–Trinajstić information content (AvgIpc) is 2.86. The zero-order valence-corrected chi connectivity index (χ0v) is 17.0. The summed E-state index contributed by atoms with van der Waals surface area (Å²) in [6, 6.07) is 9.01. The second-order valence-electron chi connectivity index (χ2n) is 6.56. The van der Waals surface area contributed by atoms with Crippen molar-refractivity contribution in [3.63, 3.8) is 0 Å². The first-order valence-corrected chi connectivity index (χ1v) is 10.7. The smallest absolute Gasteiger partial charge is 0.284 e. The van der Waals surface area contributed by atoms with E-state index in [0.717, 1.165) is 25.8 Å². The molecular formula is C19H21ClN4O3S. The number of pyridine rings is 1. The summed E-state index contributed by atoms with van der Waals surface area (Å²) in [4.78, 5) is 18.2. The van der Waals surface area contributed by atoms with Gasteiger partial charge in [-0.25, -0.2) is 0 Å². The molecule has 1 saturated heterocycles. The normalized spacial score (nSPS) is 16.6. The molecule has 0 radical (unpaired) electrons. The molecule has 148 valence electrons. The van der Waals surface area contributed by atoms with Gasteiger partial charge in [-0.15, -0.1) is 4.40 Å². The summed E-state index contributed by atoms with van der Waals surface area (Å²) in [6.45, 7) is 0.789. The largest absolute Gasteiger partial charge is 0.362 e. The summed E-state index contributed by atoms with van der Waals surface area (Å²) >= 11 is 5.87. The lowest BCUT2D eigenvalue weighted by atomic mass is 10.2. The van der Waals surface area contributed by atoms with Gasteiger partial charge in [0.15, 0.2) is 0 Å². The van der Waals surface area contributed by atoms with E-state index >= 15 is 0 Å². The number of carbonyl (C=O) groups excluding carboxylic acids is 1. The molecule has 0 unspecified atom stereocenters. The first-order valence-electron chi connectivity index (χ1n) is 8.93. The maximum Gasteiger partial charge on any atom is 0.284 e. The second kappa shape index (κ2) is 8.70. The van der Waals surface area contributed by atoms with Crippen molar-refractivity contribution in [3.8, 4) is 0 Å². The number of benzene rings is 1. The topological polar surface area (TPSA) is 91.7 Å². The Hall–Kier alpha value is -2.45. The fourth-order valence-corrected chi connectivity index (χ4v) is 4.19. The second-order valence-corrected chi connectivity index (χ2v) is 8.60. The number of hydrogen-bond donors (Lipinski definition) is 1. The van der Waals surface area contributed by atoms with Crippen molar-refractivity contribution in [1.82, 2.24) is 9.88 Å². The molecule has 28 heavy (non-hydrogen) atoms.